The lowest BCUT2D eigenvalue weighted by atomic mass is 9.96. The van der Waals surface area contributed by atoms with Crippen molar-refractivity contribution < 1.29 is 19.0 Å². The first-order chi connectivity index (χ1) is 11.6. The molecule has 0 aliphatic heterocycles. The van der Waals surface area contributed by atoms with Crippen LogP contribution in [0.2, 0.25) is 0 Å². The highest BCUT2D eigenvalue weighted by molar-refractivity contribution is 5.78. The Balaban J connectivity index is 2.43. The molecule has 5 nitrogen and oxygen atoms in total. The fourth-order valence-electron chi connectivity index (χ4n) is 2.66. The summed E-state index contributed by atoms with van der Waals surface area (Å²) in [5.74, 6) is 1.06. The lowest BCUT2D eigenvalue weighted by molar-refractivity contribution is -0.143. The summed E-state index contributed by atoms with van der Waals surface area (Å²) in [5, 5.41) is 0. The second-order valence-corrected chi connectivity index (χ2v) is 5.24. The smallest absolute Gasteiger partial charge is 0.307 e. The van der Waals surface area contributed by atoms with Gasteiger partial charge in [0.25, 0.3) is 0 Å². The monoisotopic (exact) mass is 329 g/mol. The second-order valence-electron chi connectivity index (χ2n) is 5.24. The molecule has 0 aliphatic carbocycles. The highest BCUT2D eigenvalue weighted by atomic mass is 16.5. The number of hydrogen-bond donors (Lipinski definition) is 1. The van der Waals surface area contributed by atoms with Crippen molar-refractivity contribution in [3.05, 3.63) is 48.0 Å². The van der Waals surface area contributed by atoms with Crippen molar-refractivity contribution in [3.8, 4) is 22.6 Å². The molecule has 2 aromatic rings. The van der Waals surface area contributed by atoms with Crippen LogP contribution >= 0.6 is 0 Å². The van der Waals surface area contributed by atoms with Gasteiger partial charge in [0.1, 0.15) is 11.5 Å². The van der Waals surface area contributed by atoms with Crippen LogP contribution in [0.15, 0.2) is 42.5 Å². The lowest BCUT2D eigenvalue weighted by Gasteiger charge is -2.19. The van der Waals surface area contributed by atoms with E-state index < -0.39 is 6.04 Å². The van der Waals surface area contributed by atoms with Gasteiger partial charge in [0.15, 0.2) is 0 Å². The molecule has 0 aliphatic rings. The molecule has 0 fully saturated rings. The molecule has 5 heteroatoms. The van der Waals surface area contributed by atoms with Crippen molar-refractivity contribution in [3.63, 3.8) is 0 Å². The SMILES string of the molecule is CCOC(=O)CC(N)c1cccc(-c2ccccc2OC)c1OC. The average Bonchev–Trinajstić information content (AvgIpc) is 2.61. The molecule has 0 amide bonds. The van der Waals surface area contributed by atoms with Crippen LogP contribution in [0.25, 0.3) is 11.1 Å². The van der Waals surface area contributed by atoms with Gasteiger partial charge in [0, 0.05) is 22.7 Å². The van der Waals surface area contributed by atoms with Gasteiger partial charge in [-0.1, -0.05) is 36.4 Å². The van der Waals surface area contributed by atoms with Gasteiger partial charge >= 0.3 is 5.97 Å². The topological polar surface area (TPSA) is 70.8 Å². The quantitative estimate of drug-likeness (QED) is 0.789. The van der Waals surface area contributed by atoms with Crippen LogP contribution in [-0.2, 0) is 9.53 Å². The van der Waals surface area contributed by atoms with E-state index in [4.69, 9.17) is 19.9 Å². The zero-order valence-corrected chi connectivity index (χ0v) is 14.2. The van der Waals surface area contributed by atoms with Gasteiger partial charge < -0.3 is 19.9 Å². The number of nitrogens with two attached hydrogens (primary N) is 1. The number of ether oxygens (including phenoxy) is 3. The van der Waals surface area contributed by atoms with Gasteiger partial charge in [-0.3, -0.25) is 4.79 Å². The molecule has 0 aromatic heterocycles. The van der Waals surface area contributed by atoms with Crippen LogP contribution in [0.5, 0.6) is 11.5 Å². The largest absolute Gasteiger partial charge is 0.496 e. The van der Waals surface area contributed by atoms with E-state index in [1.165, 1.54) is 0 Å². The van der Waals surface area contributed by atoms with Crippen molar-refractivity contribution in [2.75, 3.05) is 20.8 Å². The summed E-state index contributed by atoms with van der Waals surface area (Å²) in [6.07, 6.45) is 0.0968. The molecule has 1 atom stereocenters. The first-order valence-corrected chi connectivity index (χ1v) is 7.83. The number of carbonyl (C=O) groups excluding carboxylic acids is 1. The predicted molar refractivity (Wildman–Crippen MR) is 93.2 cm³/mol. The van der Waals surface area contributed by atoms with E-state index in [0.29, 0.717) is 12.4 Å². The summed E-state index contributed by atoms with van der Waals surface area (Å²) in [6.45, 7) is 2.11. The average molecular weight is 329 g/mol. The molecule has 0 heterocycles. The number of benzene rings is 2. The number of esters is 1. The molecule has 0 bridgehead atoms. The van der Waals surface area contributed by atoms with E-state index in [1.54, 1.807) is 21.1 Å². The Hall–Kier alpha value is -2.53. The summed E-state index contributed by atoms with van der Waals surface area (Å²) >= 11 is 0. The number of hydrogen-bond acceptors (Lipinski definition) is 5. The van der Waals surface area contributed by atoms with Crippen LogP contribution in [-0.4, -0.2) is 26.8 Å². The molecule has 0 saturated carbocycles. The van der Waals surface area contributed by atoms with Gasteiger partial charge in [-0.2, -0.15) is 0 Å². The van der Waals surface area contributed by atoms with Gasteiger partial charge in [0.2, 0.25) is 0 Å². The Kier molecular flexibility index (Phi) is 6.21. The Morgan fingerprint density at radius 3 is 2.42 bits per heavy atom. The maximum Gasteiger partial charge on any atom is 0.307 e. The Bertz CT molecular complexity index is 700. The first-order valence-electron chi connectivity index (χ1n) is 7.83. The van der Waals surface area contributed by atoms with Gasteiger partial charge in [-0.05, 0) is 13.0 Å². The molecule has 0 saturated heterocycles. The van der Waals surface area contributed by atoms with Crippen LogP contribution in [0, 0.1) is 0 Å². The third kappa shape index (κ3) is 3.86. The van der Waals surface area contributed by atoms with E-state index in [1.807, 2.05) is 42.5 Å². The Labute approximate surface area is 142 Å². The van der Waals surface area contributed by atoms with Crippen molar-refractivity contribution in [1.29, 1.82) is 0 Å². The third-order valence-corrected chi connectivity index (χ3v) is 3.74. The molecule has 2 N–H and O–H groups in total. The van der Waals surface area contributed by atoms with Crippen molar-refractivity contribution >= 4 is 5.97 Å². The maximum atomic E-state index is 11.7. The second kappa shape index (κ2) is 8.36. The fraction of sp³-hybridized carbons (Fsp3) is 0.316. The van der Waals surface area contributed by atoms with E-state index in [-0.39, 0.29) is 12.4 Å². The van der Waals surface area contributed by atoms with Crippen molar-refractivity contribution in [2.45, 2.75) is 19.4 Å². The molecule has 2 aromatic carbocycles. The molecular formula is C19H23NO4. The lowest BCUT2D eigenvalue weighted by Crippen LogP contribution is -2.18. The molecule has 0 spiro atoms. The van der Waals surface area contributed by atoms with Crippen molar-refractivity contribution in [2.24, 2.45) is 5.73 Å². The zero-order chi connectivity index (χ0) is 17.5. The number of rotatable bonds is 7. The van der Waals surface area contributed by atoms with Crippen LogP contribution in [0.4, 0.5) is 0 Å². The number of para-hydroxylation sites is 2. The van der Waals surface area contributed by atoms with Crippen molar-refractivity contribution in [1.82, 2.24) is 0 Å². The predicted octanol–water partition coefficient (Wildman–Crippen LogP) is 3.32. The molecule has 0 radical (unpaired) electrons. The van der Waals surface area contributed by atoms with Crippen LogP contribution in [0.3, 0.4) is 0 Å². The number of carbonyl (C=O) groups is 1. The summed E-state index contributed by atoms with van der Waals surface area (Å²) in [4.78, 5) is 11.7. The van der Waals surface area contributed by atoms with Crippen LogP contribution < -0.4 is 15.2 Å². The van der Waals surface area contributed by atoms with E-state index in [2.05, 4.69) is 0 Å². The first kappa shape index (κ1) is 17.8. The van der Waals surface area contributed by atoms with Crippen LogP contribution in [0.1, 0.15) is 24.9 Å². The highest BCUT2D eigenvalue weighted by Gasteiger charge is 2.20. The minimum Gasteiger partial charge on any atom is -0.496 e. The van der Waals surface area contributed by atoms with E-state index in [9.17, 15) is 4.79 Å². The maximum absolute atomic E-state index is 11.7. The highest BCUT2D eigenvalue weighted by Crippen LogP contribution is 2.40. The van der Waals surface area contributed by atoms with Gasteiger partial charge in [-0.15, -0.1) is 0 Å². The molecule has 24 heavy (non-hydrogen) atoms. The molecular weight excluding hydrogens is 306 g/mol. The van der Waals surface area contributed by atoms with Gasteiger partial charge in [0.05, 0.1) is 27.2 Å². The third-order valence-electron chi connectivity index (χ3n) is 3.74. The van der Waals surface area contributed by atoms with E-state index >= 15 is 0 Å². The summed E-state index contributed by atoms with van der Waals surface area (Å²) in [7, 11) is 3.22. The van der Waals surface area contributed by atoms with Gasteiger partial charge in [-0.25, -0.2) is 0 Å². The minimum atomic E-state index is -0.506. The summed E-state index contributed by atoms with van der Waals surface area (Å²) in [6, 6.07) is 12.9. The Morgan fingerprint density at radius 1 is 1.04 bits per heavy atom. The molecule has 128 valence electrons. The molecule has 1 unspecified atom stereocenters. The standard InChI is InChI=1S/C19H23NO4/c1-4-24-18(21)12-16(20)15-10-7-9-14(19(15)23-3)13-8-5-6-11-17(13)22-2/h5-11,16H,4,12,20H2,1-3H3. The normalized spacial score (nSPS) is 11.7. The zero-order valence-electron chi connectivity index (χ0n) is 14.2. The minimum absolute atomic E-state index is 0.0968. The summed E-state index contributed by atoms with van der Waals surface area (Å²) in [5.41, 5.74) is 8.74. The molecule has 2 rings (SSSR count). The van der Waals surface area contributed by atoms with E-state index in [0.717, 1.165) is 22.4 Å². The number of methoxy groups -OCH3 is 2. The Morgan fingerprint density at radius 2 is 1.75 bits per heavy atom. The summed E-state index contributed by atoms with van der Waals surface area (Å²) < 4.78 is 16.0. The fourth-order valence-corrected chi connectivity index (χ4v) is 2.66.